The Bertz CT molecular complexity index is 1260. The highest BCUT2D eigenvalue weighted by Gasteiger charge is 2.77. The number of nitriles is 1. The Hall–Kier alpha value is -2.26. The van der Waals surface area contributed by atoms with Crippen molar-refractivity contribution in [1.82, 2.24) is 0 Å². The zero-order valence-electron chi connectivity index (χ0n) is 22.7. The second-order valence-electron chi connectivity index (χ2n) is 14.7. The van der Waals surface area contributed by atoms with E-state index in [1.165, 1.54) is 0 Å². The summed E-state index contributed by atoms with van der Waals surface area (Å²) in [5.41, 5.74) is -4.57. The minimum Gasteiger partial charge on any atom is -0.481 e. The van der Waals surface area contributed by atoms with Crippen LogP contribution in [0.25, 0.3) is 0 Å². The SMILES string of the molecule is CC1(C)C(=O)C(C#N)=C[C@]2(C)C3=CC(=O)[C@]4(O)C5CC6(CC6)CC[C@]5(C(=O)O)CC[C@@]4(C)[C@]3(C)CC[C@@H]12. The molecule has 37 heavy (non-hydrogen) atoms. The number of nitrogens with zero attached hydrogens (tertiary/aromatic N) is 1. The monoisotopic (exact) mass is 505 g/mol. The van der Waals surface area contributed by atoms with Crippen LogP contribution in [0.15, 0.2) is 23.3 Å². The van der Waals surface area contributed by atoms with Gasteiger partial charge in [-0.3, -0.25) is 14.4 Å². The largest absolute Gasteiger partial charge is 0.481 e. The third kappa shape index (κ3) is 2.58. The van der Waals surface area contributed by atoms with Gasteiger partial charge in [0, 0.05) is 22.2 Å². The van der Waals surface area contributed by atoms with E-state index in [0.29, 0.717) is 32.1 Å². The molecule has 0 amide bonds. The molecule has 0 aromatic carbocycles. The summed E-state index contributed by atoms with van der Waals surface area (Å²) in [5, 5.41) is 33.1. The minimum absolute atomic E-state index is 0.0716. The average Bonchev–Trinajstić information content (AvgIpc) is 3.59. The van der Waals surface area contributed by atoms with Gasteiger partial charge in [-0.2, -0.15) is 5.26 Å². The van der Waals surface area contributed by atoms with Gasteiger partial charge in [0.25, 0.3) is 0 Å². The van der Waals surface area contributed by atoms with Crippen LogP contribution in [0.2, 0.25) is 0 Å². The number of carboxylic acid groups (broad SMARTS) is 1. The van der Waals surface area contributed by atoms with E-state index in [1.807, 2.05) is 20.8 Å². The molecule has 6 aliphatic rings. The lowest BCUT2D eigenvalue weighted by Gasteiger charge is -2.70. The summed E-state index contributed by atoms with van der Waals surface area (Å²) in [4.78, 5) is 40.3. The molecule has 1 unspecified atom stereocenters. The Labute approximate surface area is 219 Å². The normalized spacial score (nSPS) is 48.9. The van der Waals surface area contributed by atoms with Gasteiger partial charge in [0.15, 0.2) is 11.6 Å². The van der Waals surface area contributed by atoms with E-state index in [1.54, 1.807) is 12.2 Å². The third-order valence-electron chi connectivity index (χ3n) is 13.2. The van der Waals surface area contributed by atoms with Crippen LogP contribution in [0.4, 0.5) is 0 Å². The van der Waals surface area contributed by atoms with Crippen molar-refractivity contribution in [2.24, 2.45) is 44.3 Å². The van der Waals surface area contributed by atoms with Gasteiger partial charge in [0.1, 0.15) is 11.7 Å². The Morgan fingerprint density at radius 2 is 1.59 bits per heavy atom. The van der Waals surface area contributed by atoms with Crippen molar-refractivity contribution in [3.05, 3.63) is 23.3 Å². The summed E-state index contributed by atoms with van der Waals surface area (Å²) in [6.07, 6.45) is 9.83. The predicted octanol–water partition coefficient (Wildman–Crippen LogP) is 5.16. The topological polar surface area (TPSA) is 115 Å². The zero-order valence-corrected chi connectivity index (χ0v) is 22.7. The number of fused-ring (bicyclic) bond motifs is 7. The predicted molar refractivity (Wildman–Crippen MR) is 136 cm³/mol. The molecule has 1 spiro atoms. The zero-order chi connectivity index (χ0) is 27.0. The lowest BCUT2D eigenvalue weighted by molar-refractivity contribution is -0.244. The number of Topliss-reactive ketones (excluding diaryl/α,β-unsaturated/α-hetero) is 1. The molecule has 0 saturated heterocycles. The van der Waals surface area contributed by atoms with Gasteiger partial charge in [0.2, 0.25) is 0 Å². The number of rotatable bonds is 1. The molecule has 4 fully saturated rings. The number of aliphatic carboxylic acids is 1. The van der Waals surface area contributed by atoms with Crippen molar-refractivity contribution < 1.29 is 24.6 Å². The summed E-state index contributed by atoms with van der Waals surface area (Å²) in [5.74, 6) is -2.08. The van der Waals surface area contributed by atoms with Crippen molar-refractivity contribution >= 4 is 17.5 Å². The van der Waals surface area contributed by atoms with Crippen molar-refractivity contribution in [3.63, 3.8) is 0 Å². The third-order valence-corrected chi connectivity index (χ3v) is 13.2. The molecule has 6 aliphatic carbocycles. The first-order valence-corrected chi connectivity index (χ1v) is 14.0. The Morgan fingerprint density at radius 1 is 0.973 bits per heavy atom. The molecule has 0 aliphatic heterocycles. The van der Waals surface area contributed by atoms with Gasteiger partial charge in [-0.25, -0.2) is 0 Å². The summed E-state index contributed by atoms with van der Waals surface area (Å²) < 4.78 is 0. The van der Waals surface area contributed by atoms with Gasteiger partial charge in [0.05, 0.1) is 11.0 Å². The van der Waals surface area contributed by atoms with Crippen LogP contribution in [0.1, 0.15) is 92.4 Å². The molecular weight excluding hydrogens is 466 g/mol. The van der Waals surface area contributed by atoms with Gasteiger partial charge in [-0.05, 0) is 86.2 Å². The lowest BCUT2D eigenvalue weighted by Crippen LogP contribution is -2.74. The summed E-state index contributed by atoms with van der Waals surface area (Å²) in [6, 6.07) is 2.12. The van der Waals surface area contributed by atoms with Crippen molar-refractivity contribution in [2.45, 2.75) is 98.0 Å². The number of hydrogen-bond acceptors (Lipinski definition) is 5. The van der Waals surface area contributed by atoms with Gasteiger partial charge in [-0.1, -0.05) is 40.7 Å². The van der Waals surface area contributed by atoms with Crippen molar-refractivity contribution in [1.29, 1.82) is 5.26 Å². The van der Waals surface area contributed by atoms with Crippen LogP contribution in [0.3, 0.4) is 0 Å². The van der Waals surface area contributed by atoms with Gasteiger partial charge >= 0.3 is 5.97 Å². The summed E-state index contributed by atoms with van der Waals surface area (Å²) in [7, 11) is 0. The van der Waals surface area contributed by atoms with Crippen LogP contribution in [-0.4, -0.2) is 33.3 Å². The standard InChI is InChI=1S/C31H39NO5/c1-25(2)19-6-7-27(4)20(26(19,3)15-18(17-32)23(25)34)14-22(33)31(37)21-16-29(9-10-29)11-13-30(21,24(35)36)12-8-28(27,31)5/h14-15,19,21,37H,6-13,16H2,1-5H3,(H,35,36)/t19-,21?,26-,27+,28-,30+,31+/m0/s1. The number of hydrogen-bond donors (Lipinski definition) is 2. The minimum atomic E-state index is -1.76. The number of carbonyl (C=O) groups is 3. The summed E-state index contributed by atoms with van der Waals surface area (Å²) in [6.45, 7) is 10.0. The number of carbonyl (C=O) groups excluding carboxylic acids is 2. The van der Waals surface area contributed by atoms with E-state index < -0.39 is 44.6 Å². The smallest absolute Gasteiger partial charge is 0.310 e. The van der Waals surface area contributed by atoms with E-state index in [4.69, 9.17) is 0 Å². The highest BCUT2D eigenvalue weighted by Crippen LogP contribution is 2.77. The molecule has 6 rings (SSSR count). The first-order chi connectivity index (χ1) is 17.1. The van der Waals surface area contributed by atoms with Gasteiger partial charge in [-0.15, -0.1) is 0 Å². The Balaban J connectivity index is 1.57. The fraction of sp³-hybridized carbons (Fsp3) is 0.742. The Kier molecular flexibility index (Phi) is 4.63. The molecule has 0 radical (unpaired) electrons. The molecule has 0 heterocycles. The molecule has 6 nitrogen and oxygen atoms in total. The van der Waals surface area contributed by atoms with Crippen LogP contribution in [-0.2, 0) is 14.4 Å². The molecule has 0 aromatic heterocycles. The molecule has 0 bridgehead atoms. The molecule has 6 heteroatoms. The Morgan fingerprint density at radius 3 is 2.19 bits per heavy atom. The quantitative estimate of drug-likeness (QED) is 0.509. The highest BCUT2D eigenvalue weighted by atomic mass is 16.4. The van der Waals surface area contributed by atoms with Crippen LogP contribution >= 0.6 is 0 Å². The number of carboxylic acids is 1. The first kappa shape index (κ1) is 25.0. The van der Waals surface area contributed by atoms with Crippen LogP contribution in [0.5, 0.6) is 0 Å². The number of aliphatic hydroxyl groups is 1. The van der Waals surface area contributed by atoms with Crippen molar-refractivity contribution in [2.75, 3.05) is 0 Å². The molecule has 0 aromatic rings. The van der Waals surface area contributed by atoms with E-state index in [9.17, 15) is 29.9 Å². The maximum absolute atomic E-state index is 14.3. The highest BCUT2D eigenvalue weighted by molar-refractivity contribution is 6.05. The van der Waals surface area contributed by atoms with E-state index in [-0.39, 0.29) is 28.5 Å². The fourth-order valence-electron chi connectivity index (χ4n) is 10.4. The maximum Gasteiger partial charge on any atom is 0.310 e. The second kappa shape index (κ2) is 6.84. The molecule has 2 N–H and O–H groups in total. The van der Waals surface area contributed by atoms with Crippen LogP contribution in [0, 0.1) is 55.7 Å². The first-order valence-electron chi connectivity index (χ1n) is 14.0. The van der Waals surface area contributed by atoms with Crippen LogP contribution < -0.4 is 0 Å². The average molecular weight is 506 g/mol. The maximum atomic E-state index is 14.3. The van der Waals surface area contributed by atoms with E-state index in [0.717, 1.165) is 31.3 Å². The molecule has 7 atom stereocenters. The van der Waals surface area contributed by atoms with E-state index >= 15 is 0 Å². The number of allylic oxidation sites excluding steroid dienone is 3. The molecule has 4 saturated carbocycles. The molecular formula is C31H39NO5. The number of ketones is 2. The van der Waals surface area contributed by atoms with E-state index in [2.05, 4.69) is 19.9 Å². The second-order valence-corrected chi connectivity index (χ2v) is 14.7. The fourth-order valence-corrected chi connectivity index (χ4v) is 10.4. The van der Waals surface area contributed by atoms with Gasteiger partial charge < -0.3 is 10.2 Å². The summed E-state index contributed by atoms with van der Waals surface area (Å²) >= 11 is 0. The lowest BCUT2D eigenvalue weighted by atomic mass is 9.33. The molecule has 198 valence electrons. The van der Waals surface area contributed by atoms with Crippen molar-refractivity contribution in [3.8, 4) is 6.07 Å².